The van der Waals surface area contributed by atoms with E-state index in [0.29, 0.717) is 43.8 Å². The van der Waals surface area contributed by atoms with Crippen molar-refractivity contribution in [3.8, 4) is 0 Å². The van der Waals surface area contributed by atoms with E-state index >= 15 is 0 Å². The Balaban J connectivity index is 1.58. The molecule has 8 nitrogen and oxygen atoms in total. The van der Waals surface area contributed by atoms with Gasteiger partial charge in [-0.1, -0.05) is 0 Å². The number of nitrogens with one attached hydrogen (secondary N) is 1. The van der Waals surface area contributed by atoms with Crippen LogP contribution in [0.4, 0.5) is 28.0 Å². The molecule has 0 aliphatic carbocycles. The first-order chi connectivity index (χ1) is 15.4. The van der Waals surface area contributed by atoms with Crippen LogP contribution in [0.1, 0.15) is 19.3 Å². The number of halogens is 4. The van der Waals surface area contributed by atoms with Gasteiger partial charge >= 0.3 is 18.1 Å². The number of benzene rings is 1. The summed E-state index contributed by atoms with van der Waals surface area (Å²) >= 11 is 0. The van der Waals surface area contributed by atoms with Crippen molar-refractivity contribution >= 4 is 27.5 Å². The zero-order chi connectivity index (χ0) is 24.4. The summed E-state index contributed by atoms with van der Waals surface area (Å²) in [6.07, 6.45) is -2.62. The Morgan fingerprint density at radius 3 is 2.36 bits per heavy atom. The van der Waals surface area contributed by atoms with Gasteiger partial charge in [0.2, 0.25) is 0 Å². The van der Waals surface area contributed by atoms with Gasteiger partial charge in [-0.2, -0.15) is 13.2 Å². The highest BCUT2D eigenvalue weighted by molar-refractivity contribution is 7.90. The number of piperidine rings is 1. The third kappa shape index (κ3) is 6.27. The molecule has 2 aliphatic heterocycles. The molecule has 0 saturated carbocycles. The van der Waals surface area contributed by atoms with Crippen molar-refractivity contribution in [3.63, 3.8) is 0 Å². The summed E-state index contributed by atoms with van der Waals surface area (Å²) in [5.74, 6) is -2.58. The predicted octanol–water partition coefficient (Wildman–Crippen LogP) is 2.00. The number of alkyl halides is 3. The summed E-state index contributed by atoms with van der Waals surface area (Å²) in [6.45, 7) is 1.14. The smallest absolute Gasteiger partial charge is 0.367 e. The third-order valence-electron chi connectivity index (χ3n) is 5.75. The SMILES string of the molecule is CS(=O)(=O)c1ccc(N2CCCN(C(=O)NC3CCCN(C(=O)C(F)(F)F)C3)CC2)c(F)c1. The van der Waals surface area contributed by atoms with Crippen LogP contribution in [0.5, 0.6) is 0 Å². The van der Waals surface area contributed by atoms with Crippen molar-refractivity contribution in [2.75, 3.05) is 50.4 Å². The van der Waals surface area contributed by atoms with Crippen molar-refractivity contribution in [2.24, 2.45) is 0 Å². The lowest BCUT2D eigenvalue weighted by atomic mass is 10.1. The Kier molecular flexibility index (Phi) is 7.39. The number of rotatable bonds is 3. The summed E-state index contributed by atoms with van der Waals surface area (Å²) in [5.41, 5.74) is 0.234. The van der Waals surface area contributed by atoms with Gasteiger partial charge in [-0.05, 0) is 37.5 Å². The zero-order valence-electron chi connectivity index (χ0n) is 18.1. The molecule has 0 bridgehead atoms. The first-order valence-electron chi connectivity index (χ1n) is 10.5. The number of amides is 3. The second-order valence-corrected chi connectivity index (χ2v) is 10.3. The molecule has 2 aliphatic rings. The topological polar surface area (TPSA) is 90.0 Å². The molecule has 184 valence electrons. The molecule has 1 unspecified atom stereocenters. The zero-order valence-corrected chi connectivity index (χ0v) is 18.9. The monoisotopic (exact) mass is 494 g/mol. The second-order valence-electron chi connectivity index (χ2n) is 8.25. The summed E-state index contributed by atoms with van der Waals surface area (Å²) in [5, 5.41) is 2.71. The van der Waals surface area contributed by atoms with Gasteiger partial charge in [0.15, 0.2) is 9.84 Å². The lowest BCUT2D eigenvalue weighted by Gasteiger charge is -2.34. The minimum absolute atomic E-state index is 0.00687. The molecule has 2 saturated heterocycles. The van der Waals surface area contributed by atoms with Crippen molar-refractivity contribution in [1.82, 2.24) is 15.1 Å². The number of carbonyl (C=O) groups excluding carboxylic acids is 2. The fourth-order valence-electron chi connectivity index (χ4n) is 4.06. The van der Waals surface area contributed by atoms with Gasteiger partial charge < -0.3 is 20.0 Å². The van der Waals surface area contributed by atoms with Crippen LogP contribution in [0.25, 0.3) is 0 Å². The maximum Gasteiger partial charge on any atom is 0.471 e. The van der Waals surface area contributed by atoms with E-state index in [2.05, 4.69) is 5.32 Å². The van der Waals surface area contributed by atoms with E-state index in [1.54, 1.807) is 4.90 Å². The van der Waals surface area contributed by atoms with Crippen LogP contribution in [0, 0.1) is 5.82 Å². The van der Waals surface area contributed by atoms with Crippen LogP contribution >= 0.6 is 0 Å². The number of sulfone groups is 1. The minimum Gasteiger partial charge on any atom is -0.367 e. The van der Waals surface area contributed by atoms with Gasteiger partial charge in [0, 0.05) is 51.6 Å². The van der Waals surface area contributed by atoms with Gasteiger partial charge in [-0.25, -0.2) is 17.6 Å². The van der Waals surface area contributed by atoms with Crippen molar-refractivity contribution in [1.29, 1.82) is 0 Å². The van der Waals surface area contributed by atoms with Crippen molar-refractivity contribution < 1.29 is 35.6 Å². The number of hydrogen-bond donors (Lipinski definition) is 1. The molecule has 1 aromatic carbocycles. The highest BCUT2D eigenvalue weighted by Gasteiger charge is 2.43. The van der Waals surface area contributed by atoms with Crippen LogP contribution in [-0.2, 0) is 14.6 Å². The quantitative estimate of drug-likeness (QED) is 0.650. The van der Waals surface area contributed by atoms with Gasteiger partial charge in [0.25, 0.3) is 0 Å². The van der Waals surface area contributed by atoms with Gasteiger partial charge in [0.05, 0.1) is 10.6 Å². The number of anilines is 1. The number of carbonyl (C=O) groups is 2. The molecule has 2 heterocycles. The molecule has 3 amide bonds. The summed E-state index contributed by atoms with van der Waals surface area (Å²) in [6, 6.07) is 2.67. The van der Waals surface area contributed by atoms with Crippen LogP contribution < -0.4 is 10.2 Å². The Bertz CT molecular complexity index is 1000. The average Bonchev–Trinajstić information content (AvgIpc) is 2.98. The van der Waals surface area contributed by atoms with E-state index < -0.39 is 39.8 Å². The maximum atomic E-state index is 14.5. The van der Waals surface area contributed by atoms with Crippen LogP contribution in [0.15, 0.2) is 23.1 Å². The first-order valence-corrected chi connectivity index (χ1v) is 12.4. The van der Waals surface area contributed by atoms with E-state index in [-0.39, 0.29) is 30.2 Å². The van der Waals surface area contributed by atoms with Crippen molar-refractivity contribution in [2.45, 2.75) is 36.4 Å². The van der Waals surface area contributed by atoms with Gasteiger partial charge in [-0.3, -0.25) is 4.79 Å². The Morgan fingerprint density at radius 2 is 1.73 bits per heavy atom. The highest BCUT2D eigenvalue weighted by Crippen LogP contribution is 2.25. The van der Waals surface area contributed by atoms with Crippen LogP contribution in [0.2, 0.25) is 0 Å². The summed E-state index contributed by atoms with van der Waals surface area (Å²) < 4.78 is 75.8. The van der Waals surface area contributed by atoms with E-state index in [4.69, 9.17) is 0 Å². The third-order valence-corrected chi connectivity index (χ3v) is 6.86. The summed E-state index contributed by atoms with van der Waals surface area (Å²) in [4.78, 5) is 28.0. The van der Waals surface area contributed by atoms with E-state index in [1.807, 2.05) is 0 Å². The number of urea groups is 1. The number of nitrogens with zero attached hydrogens (tertiary/aromatic N) is 3. The molecular formula is C20H26F4N4O4S. The van der Waals surface area contributed by atoms with Crippen molar-refractivity contribution in [3.05, 3.63) is 24.0 Å². The maximum absolute atomic E-state index is 14.5. The minimum atomic E-state index is -4.95. The molecule has 1 N–H and O–H groups in total. The fraction of sp³-hybridized carbons (Fsp3) is 0.600. The molecule has 0 radical (unpaired) electrons. The lowest BCUT2D eigenvalue weighted by molar-refractivity contribution is -0.186. The second kappa shape index (κ2) is 9.74. The average molecular weight is 495 g/mol. The normalized spacial score (nSPS) is 20.4. The van der Waals surface area contributed by atoms with Crippen LogP contribution in [0.3, 0.4) is 0 Å². The molecule has 0 spiro atoms. The van der Waals surface area contributed by atoms with E-state index in [9.17, 15) is 35.6 Å². The molecular weight excluding hydrogens is 468 g/mol. The molecule has 33 heavy (non-hydrogen) atoms. The molecule has 1 atom stereocenters. The van der Waals surface area contributed by atoms with E-state index in [1.165, 1.54) is 17.0 Å². The Hall–Kier alpha value is -2.57. The van der Waals surface area contributed by atoms with E-state index in [0.717, 1.165) is 12.3 Å². The molecule has 3 rings (SSSR count). The molecule has 1 aromatic rings. The standard InChI is InChI=1S/C20H26F4N4O4S/c1-33(31,32)15-5-6-17(16(21)12-15)26-8-3-9-27(11-10-26)19(30)25-14-4-2-7-28(13-14)18(29)20(22,23)24/h5-6,12,14H,2-4,7-11,13H2,1H3,(H,25,30). The first kappa shape index (κ1) is 25.1. The Morgan fingerprint density at radius 1 is 1.03 bits per heavy atom. The van der Waals surface area contributed by atoms with Gasteiger partial charge in [0.1, 0.15) is 5.82 Å². The molecule has 2 fully saturated rings. The number of hydrogen-bond acceptors (Lipinski definition) is 5. The van der Waals surface area contributed by atoms with Crippen LogP contribution in [-0.4, -0.2) is 87.9 Å². The number of likely N-dealkylation sites (tertiary alicyclic amines) is 1. The summed E-state index contributed by atoms with van der Waals surface area (Å²) in [7, 11) is -3.54. The Labute approximate surface area is 189 Å². The fourth-order valence-corrected chi connectivity index (χ4v) is 4.69. The largest absolute Gasteiger partial charge is 0.471 e. The van der Waals surface area contributed by atoms with Gasteiger partial charge in [-0.15, -0.1) is 0 Å². The molecule has 0 aromatic heterocycles. The lowest BCUT2D eigenvalue weighted by Crippen LogP contribution is -2.55. The predicted molar refractivity (Wildman–Crippen MR) is 112 cm³/mol. The molecule has 13 heteroatoms. The highest BCUT2D eigenvalue weighted by atomic mass is 32.2.